The highest BCUT2D eigenvalue weighted by atomic mass is 19.3. The Morgan fingerprint density at radius 2 is 2.03 bits per heavy atom. The summed E-state index contributed by atoms with van der Waals surface area (Å²) >= 11 is 0. The molecule has 0 radical (unpaired) electrons. The summed E-state index contributed by atoms with van der Waals surface area (Å²) in [6.45, 7) is -0.280. The number of β-amino-alcohol motifs (C(OH)–C–C–N with tert-alkyl or cyclic N) is 1. The van der Waals surface area contributed by atoms with Crippen LogP contribution in [0.3, 0.4) is 0 Å². The Bertz CT molecular complexity index is 1240. The molecule has 2 N–H and O–H groups in total. The summed E-state index contributed by atoms with van der Waals surface area (Å²) in [5, 5.41) is 12.1. The fraction of sp³-hybridized carbons (Fsp3) is 0.440. The van der Waals surface area contributed by atoms with Crippen molar-refractivity contribution in [3.05, 3.63) is 42.2 Å². The van der Waals surface area contributed by atoms with Crippen molar-refractivity contribution in [1.82, 2.24) is 19.6 Å². The molecule has 3 heterocycles. The molecule has 1 aliphatic carbocycles. The molecule has 2 aromatic heterocycles. The lowest BCUT2D eigenvalue weighted by Gasteiger charge is -2.35. The molecule has 11 heteroatoms. The van der Waals surface area contributed by atoms with Crippen LogP contribution in [-0.4, -0.2) is 77.4 Å². The number of alkyl halides is 2. The number of benzene rings is 1. The van der Waals surface area contributed by atoms with Crippen LogP contribution in [0.25, 0.3) is 16.9 Å². The number of aliphatic hydroxyl groups excluding tert-OH is 1. The Morgan fingerprint density at radius 1 is 1.25 bits per heavy atom. The van der Waals surface area contributed by atoms with Gasteiger partial charge >= 0.3 is 6.61 Å². The van der Waals surface area contributed by atoms with Gasteiger partial charge in [-0.15, -0.1) is 0 Å². The summed E-state index contributed by atoms with van der Waals surface area (Å²) < 4.78 is 44.2. The number of aromatic nitrogens is 2. The summed E-state index contributed by atoms with van der Waals surface area (Å²) in [5.74, 6) is 0.0181. The van der Waals surface area contributed by atoms with E-state index in [1.165, 1.54) is 13.2 Å². The van der Waals surface area contributed by atoms with Crippen LogP contribution in [0, 0.1) is 0 Å². The van der Waals surface area contributed by atoms with Crippen LogP contribution >= 0.6 is 0 Å². The first-order valence-corrected chi connectivity index (χ1v) is 11.9. The van der Waals surface area contributed by atoms with Crippen molar-refractivity contribution in [2.75, 3.05) is 33.4 Å². The van der Waals surface area contributed by atoms with Crippen LogP contribution in [0.1, 0.15) is 29.6 Å². The van der Waals surface area contributed by atoms with Gasteiger partial charge in [-0.25, -0.2) is 4.98 Å². The van der Waals surface area contributed by atoms with Crippen molar-refractivity contribution in [3.8, 4) is 28.5 Å². The normalized spacial score (nSPS) is 16.2. The lowest BCUT2D eigenvalue weighted by Crippen LogP contribution is -2.50. The van der Waals surface area contributed by atoms with Gasteiger partial charge in [0.05, 0.1) is 31.7 Å². The van der Waals surface area contributed by atoms with Crippen LogP contribution in [0.2, 0.25) is 0 Å². The fourth-order valence-corrected chi connectivity index (χ4v) is 4.27. The van der Waals surface area contributed by atoms with E-state index in [9.17, 15) is 18.7 Å². The number of amides is 1. The van der Waals surface area contributed by atoms with Crippen LogP contribution in [-0.2, 0) is 0 Å². The standard InChI is InChI=1S/C25H28F2N4O5/c1-34-20-9-15(10-21(36-25(26)27)23(20)24(33)29-16-3-4-16)19-12-28-22-11-18(5-7-31(19)22)35-8-2-6-30-13-17(32)14-30/h5,7,9-12,16-17,25,32H,2-4,6,8,13-14H2,1H3,(H,29,33). The van der Waals surface area contributed by atoms with Gasteiger partial charge in [0.25, 0.3) is 5.91 Å². The van der Waals surface area contributed by atoms with Gasteiger partial charge in [0, 0.05) is 43.5 Å². The number of imidazole rings is 1. The topological polar surface area (TPSA) is 97.6 Å². The lowest BCUT2D eigenvalue weighted by atomic mass is 10.1. The molecule has 1 aromatic carbocycles. The number of likely N-dealkylation sites (tertiary alicyclic amines) is 1. The first kappa shape index (κ1) is 24.3. The van der Waals surface area contributed by atoms with Gasteiger partial charge in [0.2, 0.25) is 0 Å². The number of aliphatic hydroxyl groups is 1. The lowest BCUT2D eigenvalue weighted by molar-refractivity contribution is -0.0502. The van der Waals surface area contributed by atoms with E-state index in [0.717, 1.165) is 25.8 Å². The zero-order valence-corrected chi connectivity index (χ0v) is 19.8. The summed E-state index contributed by atoms with van der Waals surface area (Å²) in [7, 11) is 1.38. The molecule has 0 unspecified atom stereocenters. The first-order chi connectivity index (χ1) is 17.4. The highest BCUT2D eigenvalue weighted by Crippen LogP contribution is 2.37. The van der Waals surface area contributed by atoms with E-state index >= 15 is 0 Å². The third-order valence-electron chi connectivity index (χ3n) is 6.25. The second-order valence-corrected chi connectivity index (χ2v) is 9.03. The second-order valence-electron chi connectivity index (χ2n) is 9.03. The molecular formula is C25H28F2N4O5. The number of carbonyl (C=O) groups excluding carboxylic acids is 1. The smallest absolute Gasteiger partial charge is 0.387 e. The molecule has 9 nitrogen and oxygen atoms in total. The van der Waals surface area contributed by atoms with E-state index in [1.807, 2.05) is 0 Å². The van der Waals surface area contributed by atoms with E-state index in [4.69, 9.17) is 14.2 Å². The minimum Gasteiger partial charge on any atom is -0.496 e. The SMILES string of the molecule is COc1cc(-c2cnc3cc(OCCCN4CC(O)C4)ccn23)cc(OC(F)F)c1C(=O)NC1CC1. The third-order valence-corrected chi connectivity index (χ3v) is 6.25. The summed E-state index contributed by atoms with van der Waals surface area (Å²) in [5.41, 5.74) is 1.66. The van der Waals surface area contributed by atoms with E-state index in [2.05, 4.69) is 15.2 Å². The number of nitrogens with one attached hydrogen (secondary N) is 1. The first-order valence-electron chi connectivity index (χ1n) is 11.9. The molecule has 2 fully saturated rings. The van der Waals surface area contributed by atoms with Crippen molar-refractivity contribution >= 4 is 11.6 Å². The molecule has 1 saturated heterocycles. The molecule has 5 rings (SSSR count). The van der Waals surface area contributed by atoms with Gasteiger partial charge in [0.15, 0.2) is 0 Å². The predicted molar refractivity (Wildman–Crippen MR) is 127 cm³/mol. The second kappa shape index (κ2) is 10.3. The Balaban J connectivity index is 1.36. The van der Waals surface area contributed by atoms with Crippen molar-refractivity contribution in [2.45, 2.75) is 38.0 Å². The number of halogens is 2. The molecule has 0 bridgehead atoms. The van der Waals surface area contributed by atoms with Gasteiger partial charge in [-0.05, 0) is 37.5 Å². The molecule has 1 saturated carbocycles. The minimum atomic E-state index is -3.11. The number of hydrogen-bond acceptors (Lipinski definition) is 7. The average Bonchev–Trinajstić information content (AvgIpc) is 3.54. The van der Waals surface area contributed by atoms with E-state index in [1.54, 1.807) is 35.0 Å². The number of fused-ring (bicyclic) bond motifs is 1. The monoisotopic (exact) mass is 502 g/mol. The maximum atomic E-state index is 13.2. The zero-order chi connectivity index (χ0) is 25.2. The van der Waals surface area contributed by atoms with Crippen molar-refractivity contribution in [3.63, 3.8) is 0 Å². The molecule has 0 atom stereocenters. The van der Waals surface area contributed by atoms with Gasteiger partial charge in [0.1, 0.15) is 28.5 Å². The van der Waals surface area contributed by atoms with Crippen molar-refractivity contribution < 1.29 is 32.9 Å². The Labute approximate surface area is 206 Å². The number of pyridine rings is 1. The van der Waals surface area contributed by atoms with Crippen molar-refractivity contribution in [1.29, 1.82) is 0 Å². The summed E-state index contributed by atoms with van der Waals surface area (Å²) in [4.78, 5) is 19.3. The van der Waals surface area contributed by atoms with Gasteiger partial charge in [-0.2, -0.15) is 8.78 Å². The summed E-state index contributed by atoms with van der Waals surface area (Å²) in [6.07, 6.45) is 5.73. The maximum Gasteiger partial charge on any atom is 0.387 e. The van der Waals surface area contributed by atoms with E-state index in [-0.39, 0.29) is 29.2 Å². The number of methoxy groups -OCH3 is 1. The van der Waals surface area contributed by atoms with E-state index < -0.39 is 12.5 Å². The highest BCUT2D eigenvalue weighted by Gasteiger charge is 2.29. The van der Waals surface area contributed by atoms with Crippen LogP contribution in [0.4, 0.5) is 8.78 Å². The van der Waals surface area contributed by atoms with Crippen LogP contribution in [0.15, 0.2) is 36.7 Å². The number of carbonyl (C=O) groups is 1. The maximum absolute atomic E-state index is 13.2. The highest BCUT2D eigenvalue weighted by molar-refractivity contribution is 6.01. The van der Waals surface area contributed by atoms with Crippen LogP contribution in [0.5, 0.6) is 17.2 Å². The number of hydrogen-bond donors (Lipinski definition) is 2. The predicted octanol–water partition coefficient (Wildman–Crippen LogP) is 2.95. The van der Waals surface area contributed by atoms with Crippen molar-refractivity contribution in [2.24, 2.45) is 0 Å². The van der Waals surface area contributed by atoms with E-state index in [0.29, 0.717) is 42.4 Å². The molecule has 36 heavy (non-hydrogen) atoms. The number of ether oxygens (including phenoxy) is 3. The molecule has 1 amide bonds. The molecule has 2 aliphatic rings. The number of rotatable bonds is 11. The van der Waals surface area contributed by atoms with Gasteiger partial charge < -0.3 is 24.6 Å². The zero-order valence-electron chi connectivity index (χ0n) is 19.8. The van der Waals surface area contributed by atoms with Crippen LogP contribution < -0.4 is 19.5 Å². The molecular weight excluding hydrogens is 474 g/mol. The quantitative estimate of drug-likeness (QED) is 0.389. The Morgan fingerprint density at radius 3 is 2.72 bits per heavy atom. The summed E-state index contributed by atoms with van der Waals surface area (Å²) in [6, 6.07) is 6.65. The molecule has 192 valence electrons. The average molecular weight is 503 g/mol. The Hall–Kier alpha value is -3.44. The number of nitrogens with zero attached hydrogens (tertiary/aromatic N) is 3. The van der Waals surface area contributed by atoms with Gasteiger partial charge in [-0.3, -0.25) is 14.1 Å². The molecule has 1 aliphatic heterocycles. The molecule has 3 aromatic rings. The Kier molecular flexibility index (Phi) is 6.92. The minimum absolute atomic E-state index is 0.0417. The fourth-order valence-electron chi connectivity index (χ4n) is 4.27. The largest absolute Gasteiger partial charge is 0.496 e. The third kappa shape index (κ3) is 5.36. The van der Waals surface area contributed by atoms with Gasteiger partial charge in [-0.1, -0.05) is 0 Å². The molecule has 0 spiro atoms.